The van der Waals surface area contributed by atoms with Gasteiger partial charge in [-0.1, -0.05) is 20.8 Å². The van der Waals surface area contributed by atoms with Crippen LogP contribution in [-0.2, 0) is 11.0 Å². The second-order valence-corrected chi connectivity index (χ2v) is 6.43. The molecule has 0 unspecified atom stereocenters. The van der Waals surface area contributed by atoms with Crippen molar-refractivity contribution in [3.63, 3.8) is 0 Å². The summed E-state index contributed by atoms with van der Waals surface area (Å²) in [7, 11) is 0. The van der Waals surface area contributed by atoms with Crippen LogP contribution >= 0.6 is 0 Å². The van der Waals surface area contributed by atoms with Gasteiger partial charge in [0.15, 0.2) is 0 Å². The number of rotatable bonds is 8. The van der Waals surface area contributed by atoms with Crippen LogP contribution in [0.5, 0.6) is 5.75 Å². The van der Waals surface area contributed by atoms with Gasteiger partial charge in [0.2, 0.25) is 5.91 Å². The normalized spacial score (nSPS) is 13.7. The molecule has 1 amide bonds. The van der Waals surface area contributed by atoms with Crippen molar-refractivity contribution in [3.05, 3.63) is 23.8 Å². The summed E-state index contributed by atoms with van der Waals surface area (Å²) in [5.74, 6) is -0.394. The Morgan fingerprint density at radius 1 is 1.35 bits per heavy atom. The maximum atomic E-state index is 12.9. The highest BCUT2D eigenvalue weighted by molar-refractivity contribution is 5.82. The highest BCUT2D eigenvalue weighted by atomic mass is 19.4. The molecule has 144 valence electrons. The first kappa shape index (κ1) is 21.6. The van der Waals surface area contributed by atoms with Gasteiger partial charge in [-0.15, -0.1) is 0 Å². The van der Waals surface area contributed by atoms with Gasteiger partial charge in [0.25, 0.3) is 0 Å². The zero-order valence-corrected chi connectivity index (χ0v) is 15.3. The van der Waals surface area contributed by atoms with Crippen molar-refractivity contribution in [2.45, 2.75) is 45.8 Å². The minimum absolute atomic E-state index is 0.0756. The van der Waals surface area contributed by atoms with Gasteiger partial charge >= 0.3 is 6.18 Å². The van der Waals surface area contributed by atoms with E-state index in [4.69, 9.17) is 4.74 Å². The van der Waals surface area contributed by atoms with E-state index in [2.05, 4.69) is 10.6 Å². The lowest BCUT2D eigenvalue weighted by molar-refractivity contribution is -0.137. The largest absolute Gasteiger partial charge is 0.491 e. The Balaban J connectivity index is 2.92. The Labute approximate surface area is 151 Å². The van der Waals surface area contributed by atoms with E-state index >= 15 is 0 Å². The molecule has 5 nitrogen and oxygen atoms in total. The van der Waals surface area contributed by atoms with E-state index < -0.39 is 23.2 Å². The number of nitrogens with zero attached hydrogens (tertiary/aromatic N) is 1. The lowest BCUT2D eigenvalue weighted by Crippen LogP contribution is -2.50. The minimum Gasteiger partial charge on any atom is -0.491 e. The van der Waals surface area contributed by atoms with Crippen molar-refractivity contribution in [1.82, 2.24) is 5.32 Å². The van der Waals surface area contributed by atoms with Crippen molar-refractivity contribution >= 4 is 11.6 Å². The molecule has 0 aromatic heterocycles. The number of alkyl halides is 3. The number of carbonyl (C=O) groups excluding carboxylic acids is 1. The summed E-state index contributed by atoms with van der Waals surface area (Å²) in [5.41, 5.74) is -1.83. The van der Waals surface area contributed by atoms with Gasteiger partial charge in [0, 0.05) is 0 Å². The number of nitriles is 1. The number of benzene rings is 1. The molecule has 2 N–H and O–H groups in total. The SMILES string of the molecule is CCCOc1ccc(C(F)(F)F)cc1NCC(=O)N[C@](C)(C#N)C(C)C. The molecule has 1 atom stereocenters. The number of amides is 1. The average molecular weight is 371 g/mol. The maximum absolute atomic E-state index is 12.9. The van der Waals surface area contributed by atoms with Gasteiger partial charge in [0.05, 0.1) is 30.5 Å². The van der Waals surface area contributed by atoms with Crippen LogP contribution in [0.2, 0.25) is 0 Å². The highest BCUT2D eigenvalue weighted by Gasteiger charge is 2.32. The molecule has 0 radical (unpaired) electrons. The topological polar surface area (TPSA) is 74.2 Å². The number of ether oxygens (including phenoxy) is 1. The Morgan fingerprint density at radius 2 is 2.00 bits per heavy atom. The van der Waals surface area contributed by atoms with Crippen LogP contribution in [0.4, 0.5) is 18.9 Å². The molecule has 1 aromatic carbocycles. The number of nitrogens with one attached hydrogen (secondary N) is 2. The zero-order valence-electron chi connectivity index (χ0n) is 15.3. The van der Waals surface area contributed by atoms with Crippen LogP contribution < -0.4 is 15.4 Å². The molecule has 0 saturated heterocycles. The first-order valence-corrected chi connectivity index (χ1v) is 8.33. The third kappa shape index (κ3) is 5.83. The Kier molecular flexibility index (Phi) is 7.30. The average Bonchev–Trinajstić information content (AvgIpc) is 2.57. The number of anilines is 1. The first-order chi connectivity index (χ1) is 12.0. The number of carbonyl (C=O) groups is 1. The molecule has 26 heavy (non-hydrogen) atoms. The standard InChI is InChI=1S/C18H24F3N3O2/c1-5-8-26-15-7-6-13(18(19,20)21)9-14(15)23-10-16(25)24-17(4,11-22)12(2)3/h6-7,9,12,23H,5,8,10H2,1-4H3,(H,24,25)/t17-/m1/s1. The van der Waals surface area contributed by atoms with Crippen molar-refractivity contribution in [1.29, 1.82) is 5.26 Å². The van der Waals surface area contributed by atoms with E-state index in [0.717, 1.165) is 12.1 Å². The minimum atomic E-state index is -4.50. The summed E-state index contributed by atoms with van der Waals surface area (Å²) in [4.78, 5) is 12.1. The van der Waals surface area contributed by atoms with Gasteiger partial charge < -0.3 is 15.4 Å². The van der Waals surface area contributed by atoms with Crippen LogP contribution in [0.3, 0.4) is 0 Å². The summed E-state index contributed by atoms with van der Waals surface area (Å²) in [6.45, 7) is 7.11. The molecule has 1 aromatic rings. The van der Waals surface area contributed by atoms with Crippen molar-refractivity contribution < 1.29 is 22.7 Å². The summed E-state index contributed by atoms with van der Waals surface area (Å²) in [6.07, 6.45) is -3.81. The number of hydrogen-bond donors (Lipinski definition) is 2. The van der Waals surface area contributed by atoms with Gasteiger partial charge in [-0.3, -0.25) is 4.79 Å². The quantitative estimate of drug-likeness (QED) is 0.725. The summed E-state index contributed by atoms with van der Waals surface area (Å²) >= 11 is 0. The number of hydrogen-bond acceptors (Lipinski definition) is 4. The zero-order chi connectivity index (χ0) is 20.0. The van der Waals surface area contributed by atoms with Gasteiger partial charge in [-0.25, -0.2) is 0 Å². The van der Waals surface area contributed by atoms with Crippen molar-refractivity contribution in [2.75, 3.05) is 18.5 Å². The van der Waals surface area contributed by atoms with Crippen LogP contribution in [-0.4, -0.2) is 24.6 Å². The molecular weight excluding hydrogens is 347 g/mol. The smallest absolute Gasteiger partial charge is 0.416 e. The van der Waals surface area contributed by atoms with Crippen LogP contribution in [0.25, 0.3) is 0 Å². The van der Waals surface area contributed by atoms with Gasteiger partial charge in [0.1, 0.15) is 11.3 Å². The molecular formula is C18H24F3N3O2. The maximum Gasteiger partial charge on any atom is 0.416 e. The second-order valence-electron chi connectivity index (χ2n) is 6.43. The van der Waals surface area contributed by atoms with E-state index in [0.29, 0.717) is 13.0 Å². The molecule has 0 fully saturated rings. The fourth-order valence-corrected chi connectivity index (χ4v) is 1.99. The molecule has 0 spiro atoms. The van der Waals surface area contributed by atoms with Gasteiger partial charge in [-0.2, -0.15) is 18.4 Å². The van der Waals surface area contributed by atoms with Crippen molar-refractivity contribution in [2.24, 2.45) is 5.92 Å². The highest BCUT2D eigenvalue weighted by Crippen LogP contribution is 2.35. The predicted molar refractivity (Wildman–Crippen MR) is 92.7 cm³/mol. The molecule has 0 aliphatic rings. The molecule has 0 aliphatic carbocycles. The fourth-order valence-electron chi connectivity index (χ4n) is 1.99. The molecule has 1 rings (SSSR count). The number of halogens is 3. The summed E-state index contributed by atoms with van der Waals surface area (Å²) < 4.78 is 44.2. The fraction of sp³-hybridized carbons (Fsp3) is 0.556. The van der Waals surface area contributed by atoms with Crippen LogP contribution in [0, 0.1) is 17.2 Å². The van der Waals surface area contributed by atoms with E-state index in [1.165, 1.54) is 6.07 Å². The Hall–Kier alpha value is -2.43. The first-order valence-electron chi connectivity index (χ1n) is 8.33. The summed E-state index contributed by atoms with van der Waals surface area (Å²) in [6, 6.07) is 5.11. The molecule has 0 bridgehead atoms. The van der Waals surface area contributed by atoms with E-state index in [1.54, 1.807) is 20.8 Å². The Morgan fingerprint density at radius 3 is 2.50 bits per heavy atom. The lowest BCUT2D eigenvalue weighted by atomic mass is 9.90. The van der Waals surface area contributed by atoms with Crippen LogP contribution in [0.15, 0.2) is 18.2 Å². The third-order valence-electron chi connectivity index (χ3n) is 3.99. The van der Waals surface area contributed by atoms with E-state index in [-0.39, 0.29) is 23.9 Å². The lowest BCUT2D eigenvalue weighted by Gasteiger charge is -2.27. The van der Waals surface area contributed by atoms with Crippen LogP contribution in [0.1, 0.15) is 39.7 Å². The Bertz CT molecular complexity index is 669. The predicted octanol–water partition coefficient (Wildman–Crippen LogP) is 3.96. The molecule has 0 heterocycles. The molecule has 0 saturated carbocycles. The van der Waals surface area contributed by atoms with E-state index in [9.17, 15) is 23.2 Å². The molecule has 0 aliphatic heterocycles. The van der Waals surface area contributed by atoms with Gasteiger partial charge in [-0.05, 0) is 37.5 Å². The molecule has 8 heteroatoms. The van der Waals surface area contributed by atoms with E-state index in [1.807, 2.05) is 13.0 Å². The van der Waals surface area contributed by atoms with Crippen molar-refractivity contribution in [3.8, 4) is 11.8 Å². The third-order valence-corrected chi connectivity index (χ3v) is 3.99. The second kappa shape index (κ2) is 8.79. The summed E-state index contributed by atoms with van der Waals surface area (Å²) in [5, 5.41) is 14.5. The monoisotopic (exact) mass is 371 g/mol.